The molecule has 1 fully saturated rings. The van der Waals surface area contributed by atoms with E-state index in [1.807, 2.05) is 6.26 Å². The van der Waals surface area contributed by atoms with Gasteiger partial charge >= 0.3 is 0 Å². The van der Waals surface area contributed by atoms with Gasteiger partial charge in [0.15, 0.2) is 0 Å². The van der Waals surface area contributed by atoms with Crippen LogP contribution in [0.1, 0.15) is 0 Å². The second-order valence-corrected chi connectivity index (χ2v) is 4.70. The molecule has 0 amide bonds. The molecule has 2 heterocycles. The van der Waals surface area contributed by atoms with Gasteiger partial charge in [-0.2, -0.15) is 0 Å². The summed E-state index contributed by atoms with van der Waals surface area (Å²) in [5.74, 6) is 1.04. The van der Waals surface area contributed by atoms with Crippen molar-refractivity contribution in [1.82, 2.24) is 14.8 Å². The molecule has 2 N–H and O–H groups in total. The van der Waals surface area contributed by atoms with Crippen LogP contribution in [0, 0.1) is 0 Å². The molecule has 0 bridgehead atoms. The Labute approximate surface area is 103 Å². The minimum atomic E-state index is 0.334. The second kappa shape index (κ2) is 4.98. The topological polar surface area (TPSA) is 69.2 Å². The number of anilines is 2. The first-order valence-corrected chi connectivity index (χ1v) is 6.49. The van der Waals surface area contributed by atoms with E-state index in [1.165, 1.54) is 11.8 Å². The zero-order valence-corrected chi connectivity index (χ0v) is 10.6. The van der Waals surface area contributed by atoms with Crippen molar-refractivity contribution in [3.63, 3.8) is 0 Å². The number of ether oxygens (including phenoxy) is 1. The molecule has 0 radical (unpaired) electrons. The summed E-state index contributed by atoms with van der Waals surface area (Å²) in [5, 5.41) is 7.93. The molecule has 1 aromatic rings. The van der Waals surface area contributed by atoms with Gasteiger partial charge in [0, 0.05) is 13.1 Å². The van der Waals surface area contributed by atoms with Gasteiger partial charge in [-0.15, -0.1) is 10.2 Å². The van der Waals surface area contributed by atoms with Crippen molar-refractivity contribution in [2.45, 2.75) is 0 Å². The number of nitrogen functional groups attached to an aromatic ring is 1. The third-order valence-corrected chi connectivity index (χ3v) is 3.54. The number of rotatable bonds is 1. The van der Waals surface area contributed by atoms with Crippen LogP contribution in [0.5, 0.6) is 0 Å². The smallest absolute Gasteiger partial charge is 0.234 e. The summed E-state index contributed by atoms with van der Waals surface area (Å²) in [4.78, 5) is 2.08. The molecule has 0 aliphatic carbocycles. The van der Waals surface area contributed by atoms with Crippen molar-refractivity contribution in [3.8, 4) is 0 Å². The summed E-state index contributed by atoms with van der Waals surface area (Å²) >= 11 is 6.68. The number of hydrogen-bond donors (Lipinski definition) is 1. The van der Waals surface area contributed by atoms with Gasteiger partial charge in [0.2, 0.25) is 11.9 Å². The Bertz CT molecular complexity index is 388. The van der Waals surface area contributed by atoms with E-state index in [-0.39, 0.29) is 0 Å². The third-order valence-electron chi connectivity index (χ3n) is 2.32. The number of nitrogens with zero attached hydrogens (tertiary/aromatic N) is 4. The number of thiocarbonyl (C=S) groups is 1. The van der Waals surface area contributed by atoms with Gasteiger partial charge in [-0.3, -0.25) is 0 Å². The van der Waals surface area contributed by atoms with Gasteiger partial charge in [-0.05, 0) is 6.26 Å². The maximum atomic E-state index is 5.76. The molecule has 6 nitrogen and oxygen atoms in total. The van der Waals surface area contributed by atoms with E-state index >= 15 is 0 Å². The van der Waals surface area contributed by atoms with E-state index in [1.54, 1.807) is 4.57 Å². The Hall–Kier alpha value is -0.860. The number of thioether (sulfide) groups is 1. The molecular formula is C8H13N5OS2. The molecule has 8 heteroatoms. The first-order valence-electron chi connectivity index (χ1n) is 4.86. The summed E-state index contributed by atoms with van der Waals surface area (Å²) in [7, 11) is 0. The average molecular weight is 259 g/mol. The predicted octanol–water partition coefficient (Wildman–Crippen LogP) is 0.193. The standard InChI is InChI=1S/C8H13N5OS2/c1-16-8(15)13-6(9)10-11-7(13)12-2-4-14-5-3-12/h2-5H2,1H3,(H2,9,10). The van der Waals surface area contributed by atoms with Crippen LogP contribution in [0.3, 0.4) is 0 Å². The van der Waals surface area contributed by atoms with Gasteiger partial charge in [0.05, 0.1) is 13.2 Å². The highest BCUT2D eigenvalue weighted by atomic mass is 32.2. The fourth-order valence-corrected chi connectivity index (χ4v) is 2.06. The monoisotopic (exact) mass is 259 g/mol. The molecule has 1 saturated heterocycles. The number of hydrogen-bond acceptors (Lipinski definition) is 7. The highest BCUT2D eigenvalue weighted by molar-refractivity contribution is 8.22. The van der Waals surface area contributed by atoms with Gasteiger partial charge < -0.3 is 15.4 Å². The fraction of sp³-hybridized carbons (Fsp3) is 0.625. The maximum absolute atomic E-state index is 5.76. The SMILES string of the molecule is CSC(=S)n1c(N)nnc1N1CCOCC1. The first kappa shape index (κ1) is 11.6. The lowest BCUT2D eigenvalue weighted by atomic mass is 10.4. The van der Waals surface area contributed by atoms with Gasteiger partial charge in [-0.1, -0.05) is 24.0 Å². The predicted molar refractivity (Wildman–Crippen MR) is 69.0 cm³/mol. The Morgan fingerprint density at radius 2 is 2.12 bits per heavy atom. The lowest BCUT2D eigenvalue weighted by Crippen LogP contribution is -2.38. The molecule has 1 aliphatic rings. The van der Waals surface area contributed by atoms with Crippen LogP contribution in [0.15, 0.2) is 0 Å². The molecule has 88 valence electrons. The van der Waals surface area contributed by atoms with E-state index in [9.17, 15) is 0 Å². The van der Waals surface area contributed by atoms with Crippen molar-refractivity contribution in [2.75, 3.05) is 43.2 Å². The Morgan fingerprint density at radius 3 is 2.75 bits per heavy atom. The van der Waals surface area contributed by atoms with Crippen molar-refractivity contribution in [1.29, 1.82) is 0 Å². The molecular weight excluding hydrogens is 246 g/mol. The number of aromatic nitrogens is 3. The summed E-state index contributed by atoms with van der Waals surface area (Å²) in [6.45, 7) is 2.96. The normalized spacial score (nSPS) is 16.4. The third kappa shape index (κ3) is 2.13. The molecule has 2 rings (SSSR count). The van der Waals surface area contributed by atoms with E-state index in [0.717, 1.165) is 13.1 Å². The molecule has 0 saturated carbocycles. The molecule has 0 atom stereocenters. The van der Waals surface area contributed by atoms with E-state index in [2.05, 4.69) is 15.1 Å². The zero-order valence-electron chi connectivity index (χ0n) is 8.92. The van der Waals surface area contributed by atoms with Gasteiger partial charge in [0.25, 0.3) is 0 Å². The minimum Gasteiger partial charge on any atom is -0.378 e. The van der Waals surface area contributed by atoms with Crippen LogP contribution in [-0.2, 0) is 4.74 Å². The molecule has 0 aromatic carbocycles. The van der Waals surface area contributed by atoms with Crippen molar-refractivity contribution in [3.05, 3.63) is 0 Å². The highest BCUT2D eigenvalue weighted by Crippen LogP contribution is 2.19. The van der Waals surface area contributed by atoms with Crippen molar-refractivity contribution < 1.29 is 4.74 Å². The first-order chi connectivity index (χ1) is 7.74. The Morgan fingerprint density at radius 1 is 1.44 bits per heavy atom. The van der Waals surface area contributed by atoms with Crippen molar-refractivity contribution in [2.24, 2.45) is 0 Å². The maximum Gasteiger partial charge on any atom is 0.234 e. The van der Waals surface area contributed by atoms with Crippen LogP contribution in [0.25, 0.3) is 0 Å². The molecule has 0 unspecified atom stereocenters. The van der Waals surface area contributed by atoms with Crippen LogP contribution < -0.4 is 10.6 Å². The summed E-state index contributed by atoms with van der Waals surface area (Å²) in [6.07, 6.45) is 1.91. The average Bonchev–Trinajstić information content (AvgIpc) is 2.71. The molecule has 1 aliphatic heterocycles. The molecule has 0 spiro atoms. The van der Waals surface area contributed by atoms with Crippen LogP contribution >= 0.6 is 24.0 Å². The number of nitrogens with two attached hydrogens (primary N) is 1. The molecule has 16 heavy (non-hydrogen) atoms. The van der Waals surface area contributed by atoms with E-state index in [0.29, 0.717) is 29.4 Å². The highest BCUT2D eigenvalue weighted by Gasteiger charge is 2.20. The lowest BCUT2D eigenvalue weighted by molar-refractivity contribution is 0.122. The van der Waals surface area contributed by atoms with Crippen LogP contribution in [0.2, 0.25) is 0 Å². The Balaban J connectivity index is 2.29. The van der Waals surface area contributed by atoms with Crippen LogP contribution in [0.4, 0.5) is 11.9 Å². The second-order valence-electron chi connectivity index (χ2n) is 3.26. The van der Waals surface area contributed by atoms with Gasteiger partial charge in [-0.25, -0.2) is 4.57 Å². The fourth-order valence-electron chi connectivity index (χ4n) is 1.52. The van der Waals surface area contributed by atoms with E-state index < -0.39 is 0 Å². The lowest BCUT2D eigenvalue weighted by Gasteiger charge is -2.27. The van der Waals surface area contributed by atoms with Crippen LogP contribution in [-0.4, -0.2) is 51.6 Å². The number of morpholine rings is 1. The quantitative estimate of drug-likeness (QED) is 0.722. The Kier molecular flexibility index (Phi) is 3.62. The van der Waals surface area contributed by atoms with E-state index in [4.69, 9.17) is 22.7 Å². The summed E-state index contributed by atoms with van der Waals surface area (Å²) in [6, 6.07) is 0. The largest absolute Gasteiger partial charge is 0.378 e. The summed E-state index contributed by atoms with van der Waals surface area (Å²) < 4.78 is 7.64. The minimum absolute atomic E-state index is 0.334. The molecule has 1 aromatic heterocycles. The zero-order chi connectivity index (χ0) is 11.5. The van der Waals surface area contributed by atoms with Crippen molar-refractivity contribution >= 4 is 40.2 Å². The van der Waals surface area contributed by atoms with Gasteiger partial charge in [0.1, 0.15) is 4.32 Å². The summed E-state index contributed by atoms with van der Waals surface area (Å²) in [5.41, 5.74) is 5.76.